The van der Waals surface area contributed by atoms with E-state index in [-0.39, 0.29) is 0 Å². The number of aromatic nitrogens is 1. The fourth-order valence-corrected chi connectivity index (χ4v) is 2.78. The topological polar surface area (TPSA) is 16.1 Å². The van der Waals surface area contributed by atoms with Gasteiger partial charge in [0.25, 0.3) is 0 Å². The van der Waals surface area contributed by atoms with Gasteiger partial charge in [-0.25, -0.2) is 4.98 Å². The van der Waals surface area contributed by atoms with Crippen molar-refractivity contribution >= 4 is 29.2 Å². The van der Waals surface area contributed by atoms with Crippen molar-refractivity contribution < 1.29 is 0 Å². The van der Waals surface area contributed by atoms with Gasteiger partial charge in [0.1, 0.15) is 5.82 Å². The van der Waals surface area contributed by atoms with E-state index in [0.29, 0.717) is 0 Å². The van der Waals surface area contributed by atoms with Crippen molar-refractivity contribution in [2.45, 2.75) is 13.8 Å². The minimum absolute atomic E-state index is 0.766. The van der Waals surface area contributed by atoms with Gasteiger partial charge in [-0.15, -0.1) is 0 Å². The highest BCUT2D eigenvalue weighted by atomic mass is 35.5. The van der Waals surface area contributed by atoms with Crippen LogP contribution < -0.4 is 4.90 Å². The molecule has 2 heterocycles. The first kappa shape index (κ1) is 12.2. The molecule has 2 aromatic rings. The van der Waals surface area contributed by atoms with E-state index in [2.05, 4.69) is 47.2 Å². The van der Waals surface area contributed by atoms with Crippen LogP contribution in [0.2, 0.25) is 5.02 Å². The molecule has 0 saturated heterocycles. The van der Waals surface area contributed by atoms with Gasteiger partial charge in [-0.1, -0.05) is 35.9 Å². The third-order valence-electron chi connectivity index (χ3n) is 3.23. The maximum Gasteiger partial charge on any atom is 0.133 e. The lowest BCUT2D eigenvalue weighted by molar-refractivity contribution is 1.01. The van der Waals surface area contributed by atoms with E-state index >= 15 is 0 Å². The number of benzene rings is 1. The van der Waals surface area contributed by atoms with Gasteiger partial charge in [-0.05, 0) is 43.2 Å². The van der Waals surface area contributed by atoms with Crippen molar-refractivity contribution in [1.82, 2.24) is 4.98 Å². The van der Waals surface area contributed by atoms with E-state index < -0.39 is 0 Å². The standard InChI is InChI=1S/C16H15ClN2/c1-11-9-12(2)18-15(10-11)19-8-4-6-13-5-3-7-14(17)16(13)19/h3-7,9-10H,8H2,1-2H3. The summed E-state index contributed by atoms with van der Waals surface area (Å²) >= 11 is 6.36. The molecule has 1 aromatic carbocycles. The Kier molecular flexibility index (Phi) is 3.03. The lowest BCUT2D eigenvalue weighted by atomic mass is 10.1. The van der Waals surface area contributed by atoms with Crippen molar-refractivity contribution in [3.05, 3.63) is 58.3 Å². The molecule has 0 saturated carbocycles. The van der Waals surface area contributed by atoms with Gasteiger partial charge in [0, 0.05) is 12.2 Å². The van der Waals surface area contributed by atoms with Crippen LogP contribution in [0, 0.1) is 13.8 Å². The highest BCUT2D eigenvalue weighted by molar-refractivity contribution is 6.33. The van der Waals surface area contributed by atoms with Gasteiger partial charge in [0.15, 0.2) is 0 Å². The first-order valence-corrected chi connectivity index (χ1v) is 6.71. The van der Waals surface area contributed by atoms with E-state index in [0.717, 1.165) is 34.3 Å². The average Bonchev–Trinajstić information content (AvgIpc) is 2.37. The van der Waals surface area contributed by atoms with Gasteiger partial charge in [-0.3, -0.25) is 0 Å². The number of nitrogens with zero attached hydrogens (tertiary/aromatic N) is 2. The molecule has 0 spiro atoms. The normalized spacial score (nSPS) is 13.5. The average molecular weight is 271 g/mol. The van der Waals surface area contributed by atoms with Crippen molar-refractivity contribution in [2.24, 2.45) is 0 Å². The molecule has 3 heteroatoms. The van der Waals surface area contributed by atoms with Gasteiger partial charge in [-0.2, -0.15) is 0 Å². The smallest absolute Gasteiger partial charge is 0.133 e. The SMILES string of the molecule is Cc1cc(C)nc(N2CC=Cc3cccc(Cl)c32)c1. The number of fused-ring (bicyclic) bond motifs is 1. The quantitative estimate of drug-likeness (QED) is 0.758. The molecular weight excluding hydrogens is 256 g/mol. The summed E-state index contributed by atoms with van der Waals surface area (Å²) < 4.78 is 0. The number of hydrogen-bond acceptors (Lipinski definition) is 2. The second kappa shape index (κ2) is 4.71. The largest absolute Gasteiger partial charge is 0.321 e. The number of halogens is 1. The van der Waals surface area contributed by atoms with Crippen LogP contribution in [0.5, 0.6) is 0 Å². The number of hydrogen-bond donors (Lipinski definition) is 0. The van der Waals surface area contributed by atoms with Crippen molar-refractivity contribution in [2.75, 3.05) is 11.4 Å². The molecule has 0 amide bonds. The monoisotopic (exact) mass is 270 g/mol. The Hall–Kier alpha value is -1.80. The maximum atomic E-state index is 6.36. The number of pyridine rings is 1. The van der Waals surface area contributed by atoms with E-state index in [4.69, 9.17) is 11.6 Å². The summed E-state index contributed by atoms with van der Waals surface area (Å²) in [4.78, 5) is 6.80. The molecule has 0 radical (unpaired) electrons. The molecule has 0 unspecified atom stereocenters. The van der Waals surface area contributed by atoms with E-state index in [1.807, 2.05) is 19.1 Å². The molecule has 0 N–H and O–H groups in total. The van der Waals surface area contributed by atoms with Crippen molar-refractivity contribution in [3.8, 4) is 0 Å². The Labute approximate surface area is 118 Å². The van der Waals surface area contributed by atoms with Crippen LogP contribution in [-0.4, -0.2) is 11.5 Å². The zero-order valence-corrected chi connectivity index (χ0v) is 11.8. The van der Waals surface area contributed by atoms with Gasteiger partial charge in [0.05, 0.1) is 10.7 Å². The summed E-state index contributed by atoms with van der Waals surface area (Å²) in [5.74, 6) is 0.955. The molecular formula is C16H15ClN2. The molecule has 1 aliphatic heterocycles. The molecule has 96 valence electrons. The molecule has 1 aromatic heterocycles. The zero-order chi connectivity index (χ0) is 13.4. The van der Waals surface area contributed by atoms with Crippen LogP contribution >= 0.6 is 11.6 Å². The van der Waals surface area contributed by atoms with E-state index in [1.54, 1.807) is 0 Å². The Morgan fingerprint density at radius 2 is 2.05 bits per heavy atom. The van der Waals surface area contributed by atoms with Crippen LogP contribution in [0.3, 0.4) is 0 Å². The second-order valence-electron chi connectivity index (χ2n) is 4.83. The first-order chi connectivity index (χ1) is 9.15. The van der Waals surface area contributed by atoms with Crippen LogP contribution in [0.4, 0.5) is 11.5 Å². The zero-order valence-electron chi connectivity index (χ0n) is 11.0. The first-order valence-electron chi connectivity index (χ1n) is 6.33. The van der Waals surface area contributed by atoms with Crippen molar-refractivity contribution in [3.63, 3.8) is 0 Å². The Balaban J connectivity index is 2.15. The maximum absolute atomic E-state index is 6.36. The Morgan fingerprint density at radius 1 is 1.21 bits per heavy atom. The van der Waals surface area contributed by atoms with Crippen molar-refractivity contribution in [1.29, 1.82) is 0 Å². The predicted octanol–water partition coefficient (Wildman–Crippen LogP) is 4.52. The summed E-state index contributed by atoms with van der Waals surface area (Å²) in [5, 5.41) is 0.766. The predicted molar refractivity (Wildman–Crippen MR) is 81.2 cm³/mol. The molecule has 2 nitrogen and oxygen atoms in total. The van der Waals surface area contributed by atoms with Crippen LogP contribution in [-0.2, 0) is 0 Å². The summed E-state index contributed by atoms with van der Waals surface area (Å²) in [7, 11) is 0. The number of rotatable bonds is 1. The van der Waals surface area contributed by atoms with Gasteiger partial charge < -0.3 is 4.90 Å². The highest BCUT2D eigenvalue weighted by Crippen LogP contribution is 2.37. The lowest BCUT2D eigenvalue weighted by Gasteiger charge is -2.28. The van der Waals surface area contributed by atoms with E-state index in [1.165, 1.54) is 5.56 Å². The molecule has 0 bridgehead atoms. The summed E-state index contributed by atoms with van der Waals surface area (Å²) in [6, 6.07) is 10.2. The molecule has 0 atom stereocenters. The number of anilines is 2. The van der Waals surface area contributed by atoms with Crippen LogP contribution in [0.15, 0.2) is 36.4 Å². The van der Waals surface area contributed by atoms with Gasteiger partial charge >= 0.3 is 0 Å². The fraction of sp³-hybridized carbons (Fsp3) is 0.188. The lowest BCUT2D eigenvalue weighted by Crippen LogP contribution is -2.22. The Bertz CT molecular complexity index is 642. The molecule has 1 aliphatic rings. The second-order valence-corrected chi connectivity index (χ2v) is 5.24. The van der Waals surface area contributed by atoms with Crippen LogP contribution in [0.1, 0.15) is 16.8 Å². The minimum Gasteiger partial charge on any atom is -0.321 e. The van der Waals surface area contributed by atoms with Crippen LogP contribution in [0.25, 0.3) is 6.08 Å². The summed E-state index contributed by atoms with van der Waals surface area (Å²) in [5.41, 5.74) is 4.42. The number of para-hydroxylation sites is 1. The summed E-state index contributed by atoms with van der Waals surface area (Å²) in [6.45, 7) is 4.90. The molecule has 3 rings (SSSR count). The number of aryl methyl sites for hydroxylation is 2. The highest BCUT2D eigenvalue weighted by Gasteiger charge is 2.19. The molecule has 0 aliphatic carbocycles. The molecule has 0 fully saturated rings. The van der Waals surface area contributed by atoms with E-state index in [9.17, 15) is 0 Å². The third-order valence-corrected chi connectivity index (χ3v) is 3.54. The molecule has 19 heavy (non-hydrogen) atoms. The fourth-order valence-electron chi connectivity index (χ4n) is 2.49. The van der Waals surface area contributed by atoms with Gasteiger partial charge in [0.2, 0.25) is 0 Å². The minimum atomic E-state index is 0.766. The third kappa shape index (κ3) is 2.24. The summed E-state index contributed by atoms with van der Waals surface area (Å²) in [6.07, 6.45) is 4.25. The Morgan fingerprint density at radius 3 is 2.84 bits per heavy atom.